The van der Waals surface area contributed by atoms with E-state index in [4.69, 9.17) is 28.9 Å². The Kier molecular flexibility index (Phi) is 5.79. The van der Waals surface area contributed by atoms with Gasteiger partial charge in [-0.1, -0.05) is 23.2 Å². The van der Waals surface area contributed by atoms with Crippen molar-refractivity contribution >= 4 is 65.9 Å². The number of benzene rings is 2. The van der Waals surface area contributed by atoms with Gasteiger partial charge in [0.2, 0.25) is 0 Å². The maximum Gasteiger partial charge on any atom is 0.341 e. The summed E-state index contributed by atoms with van der Waals surface area (Å²) in [6.07, 6.45) is 1.47. The molecule has 0 aliphatic heterocycles. The highest BCUT2D eigenvalue weighted by molar-refractivity contribution is 7.92. The van der Waals surface area contributed by atoms with Crippen molar-refractivity contribution in [3.63, 3.8) is 0 Å². The van der Waals surface area contributed by atoms with Crippen LogP contribution in [0.2, 0.25) is 10.0 Å². The molecule has 29 heavy (non-hydrogen) atoms. The van der Waals surface area contributed by atoms with Gasteiger partial charge in [-0.25, -0.2) is 13.2 Å². The smallest absolute Gasteiger partial charge is 0.341 e. The number of carbonyl (C=O) groups is 1. The highest BCUT2D eigenvalue weighted by Crippen LogP contribution is 2.35. The summed E-state index contributed by atoms with van der Waals surface area (Å²) in [5.41, 5.74) is 5.60. The predicted octanol–water partition coefficient (Wildman–Crippen LogP) is 2.47. The number of anilines is 1. The molecule has 0 saturated carbocycles. The van der Waals surface area contributed by atoms with Crippen molar-refractivity contribution in [2.75, 3.05) is 11.3 Å². The minimum absolute atomic E-state index is 0.199. The van der Waals surface area contributed by atoms with Gasteiger partial charge >= 0.3 is 16.1 Å². The summed E-state index contributed by atoms with van der Waals surface area (Å²) in [6, 6.07) is 7.05. The number of halogens is 2. The maximum absolute atomic E-state index is 12.7. The number of rotatable bonds is 6. The third-order valence-corrected chi connectivity index (χ3v) is 7.02. The Morgan fingerprint density at radius 1 is 1.00 bits per heavy atom. The Hall–Kier alpha value is -2.31. The molecule has 9 nitrogen and oxygen atoms in total. The van der Waals surface area contributed by atoms with Crippen molar-refractivity contribution in [2.24, 2.45) is 5.73 Å². The van der Waals surface area contributed by atoms with E-state index < -0.39 is 37.6 Å². The molecule has 0 unspecified atom stereocenters. The topological polar surface area (TPSA) is 148 Å². The second-order valence-electron chi connectivity index (χ2n) is 5.67. The zero-order valence-electron chi connectivity index (χ0n) is 14.3. The van der Waals surface area contributed by atoms with Gasteiger partial charge in [-0.05, 0) is 36.4 Å². The first-order chi connectivity index (χ1) is 13.5. The number of nitrogens with two attached hydrogens (primary N) is 1. The van der Waals surface area contributed by atoms with Crippen LogP contribution in [0.1, 0.15) is 0 Å². The van der Waals surface area contributed by atoms with E-state index in [0.717, 1.165) is 24.3 Å². The summed E-state index contributed by atoms with van der Waals surface area (Å²) in [7, 11) is -8.48. The van der Waals surface area contributed by atoms with Gasteiger partial charge in [-0.3, -0.25) is 4.72 Å². The van der Waals surface area contributed by atoms with Gasteiger partial charge in [-0.15, -0.1) is 0 Å². The quantitative estimate of drug-likeness (QED) is 0.461. The van der Waals surface area contributed by atoms with Gasteiger partial charge < -0.3 is 14.9 Å². The molecule has 0 bridgehead atoms. The molecule has 3 aromatic rings. The summed E-state index contributed by atoms with van der Waals surface area (Å²) in [4.78, 5) is 13.3. The average molecular weight is 478 g/mol. The van der Waals surface area contributed by atoms with Gasteiger partial charge in [-0.2, -0.15) is 8.42 Å². The number of fused-ring (bicyclic) bond motifs is 1. The molecule has 0 radical (unpaired) electrons. The van der Waals surface area contributed by atoms with E-state index in [9.17, 15) is 21.6 Å². The molecule has 1 heterocycles. The summed E-state index contributed by atoms with van der Waals surface area (Å²) in [5.74, 6) is -1.14. The number of aromatic nitrogens is 1. The molecule has 0 aliphatic rings. The Morgan fingerprint density at radius 2 is 1.62 bits per heavy atom. The Labute approximate surface area is 175 Å². The van der Waals surface area contributed by atoms with Crippen LogP contribution in [0.15, 0.2) is 52.4 Å². The van der Waals surface area contributed by atoms with Crippen LogP contribution in [0.5, 0.6) is 0 Å². The Balaban J connectivity index is 1.91. The van der Waals surface area contributed by atoms with Crippen LogP contribution in [-0.4, -0.2) is 34.3 Å². The number of sulfonamides is 1. The van der Waals surface area contributed by atoms with Gasteiger partial charge in [0.1, 0.15) is 4.90 Å². The largest absolute Gasteiger partial charge is 0.358 e. The lowest BCUT2D eigenvalue weighted by molar-refractivity contribution is -0.132. The molecule has 3 rings (SSSR count). The maximum atomic E-state index is 12.7. The minimum atomic E-state index is -4.40. The van der Waals surface area contributed by atoms with Gasteiger partial charge in [0, 0.05) is 11.6 Å². The van der Waals surface area contributed by atoms with Crippen molar-refractivity contribution in [1.29, 1.82) is 0 Å². The molecule has 0 fully saturated rings. The normalized spacial score (nSPS) is 12.1. The predicted molar refractivity (Wildman–Crippen MR) is 108 cm³/mol. The molecule has 2 aromatic carbocycles. The molecule has 13 heteroatoms. The first kappa shape index (κ1) is 21.4. The van der Waals surface area contributed by atoms with Crippen LogP contribution < -0.4 is 10.5 Å². The molecule has 0 spiro atoms. The molecule has 154 valence electrons. The highest BCUT2D eigenvalue weighted by atomic mass is 35.5. The molecular formula is C16H13Cl2N3O6S2. The van der Waals surface area contributed by atoms with E-state index in [1.807, 2.05) is 0 Å². The fraction of sp³-hybridized carbons (Fsp3) is 0.0625. The van der Waals surface area contributed by atoms with Gasteiger partial charge in [0.15, 0.2) is 0 Å². The van der Waals surface area contributed by atoms with Crippen LogP contribution in [-0.2, 0) is 29.1 Å². The van der Waals surface area contributed by atoms with E-state index >= 15 is 0 Å². The standard InChI is InChI=1S/C16H13Cl2N3O6S2/c17-11-5-6-13(16-15(11)12(18)8-20-16)21-28(23,24)9-1-3-10(4-2-9)29(25,26)27-14(22)7-19/h1-6,8,20-21H,7,19H2. The van der Waals surface area contributed by atoms with E-state index in [1.165, 1.54) is 18.3 Å². The monoisotopic (exact) mass is 477 g/mol. The number of aromatic amines is 1. The molecule has 0 atom stereocenters. The van der Waals surface area contributed by atoms with Crippen molar-refractivity contribution in [3.8, 4) is 0 Å². The first-order valence-electron chi connectivity index (χ1n) is 7.80. The molecule has 0 amide bonds. The third-order valence-electron chi connectivity index (χ3n) is 3.77. The number of H-pyrrole nitrogens is 1. The van der Waals surface area contributed by atoms with Gasteiger partial charge in [0.05, 0.1) is 32.7 Å². The fourth-order valence-electron chi connectivity index (χ4n) is 2.45. The van der Waals surface area contributed by atoms with Crippen LogP contribution in [0.4, 0.5) is 5.69 Å². The SMILES string of the molecule is NCC(=O)OS(=O)(=O)c1ccc(S(=O)(=O)Nc2ccc(Cl)c3c(Cl)c[nH]c23)cc1. The lowest BCUT2D eigenvalue weighted by Gasteiger charge is -2.11. The molecule has 1 aromatic heterocycles. The molecule has 4 N–H and O–H groups in total. The minimum Gasteiger partial charge on any atom is -0.358 e. The molecular weight excluding hydrogens is 465 g/mol. The number of hydrogen-bond acceptors (Lipinski definition) is 7. The van der Waals surface area contributed by atoms with Crippen LogP contribution in [0.25, 0.3) is 10.9 Å². The van der Waals surface area contributed by atoms with E-state index in [0.29, 0.717) is 20.9 Å². The summed E-state index contributed by atoms with van der Waals surface area (Å²) in [6.45, 7) is -0.617. The van der Waals surface area contributed by atoms with E-state index in [2.05, 4.69) is 13.9 Å². The second kappa shape index (κ2) is 7.84. The zero-order chi connectivity index (χ0) is 21.4. The Morgan fingerprint density at radius 3 is 2.24 bits per heavy atom. The lowest BCUT2D eigenvalue weighted by atomic mass is 10.2. The molecule has 0 saturated heterocycles. The van der Waals surface area contributed by atoms with Crippen molar-refractivity contribution < 1.29 is 25.8 Å². The van der Waals surface area contributed by atoms with Gasteiger partial charge in [0.25, 0.3) is 10.0 Å². The first-order valence-corrected chi connectivity index (χ1v) is 11.5. The lowest BCUT2D eigenvalue weighted by Crippen LogP contribution is -2.21. The van der Waals surface area contributed by atoms with Crippen LogP contribution in [0, 0.1) is 0 Å². The van der Waals surface area contributed by atoms with Crippen LogP contribution >= 0.6 is 23.2 Å². The van der Waals surface area contributed by atoms with Crippen molar-refractivity contribution in [2.45, 2.75) is 9.79 Å². The second-order valence-corrected chi connectivity index (χ2v) is 9.72. The van der Waals surface area contributed by atoms with Crippen LogP contribution in [0.3, 0.4) is 0 Å². The van der Waals surface area contributed by atoms with Crippen molar-refractivity contribution in [1.82, 2.24) is 4.98 Å². The summed E-state index contributed by atoms with van der Waals surface area (Å²) in [5, 5.41) is 1.13. The fourth-order valence-corrected chi connectivity index (χ4v) is 4.96. The van der Waals surface area contributed by atoms with Crippen molar-refractivity contribution in [3.05, 3.63) is 52.6 Å². The highest BCUT2D eigenvalue weighted by Gasteiger charge is 2.22. The third kappa shape index (κ3) is 4.33. The number of hydrogen-bond donors (Lipinski definition) is 3. The summed E-state index contributed by atoms with van der Waals surface area (Å²) < 4.78 is 55.9. The molecule has 0 aliphatic carbocycles. The number of nitrogens with one attached hydrogen (secondary N) is 2. The average Bonchev–Trinajstić information content (AvgIpc) is 3.06. The zero-order valence-corrected chi connectivity index (χ0v) is 17.5. The number of carbonyl (C=O) groups excluding carboxylic acids is 1. The Bertz CT molecular complexity index is 1300. The van der Waals surface area contributed by atoms with E-state index in [-0.39, 0.29) is 10.6 Å². The summed E-state index contributed by atoms with van der Waals surface area (Å²) >= 11 is 12.1. The van der Waals surface area contributed by atoms with E-state index in [1.54, 1.807) is 0 Å².